The number of nitrogens with one attached hydrogen (secondary N) is 3. The van der Waals surface area contributed by atoms with E-state index in [-0.39, 0.29) is 23.5 Å². The topological polar surface area (TPSA) is 110 Å². The van der Waals surface area contributed by atoms with Crippen LogP contribution >= 0.6 is 0 Å². The predicted molar refractivity (Wildman–Crippen MR) is 111 cm³/mol. The molecule has 2 heterocycles. The normalized spacial score (nSPS) is 13.1. The van der Waals surface area contributed by atoms with Crippen LogP contribution in [-0.4, -0.2) is 32.8 Å². The quantitative estimate of drug-likeness (QED) is 0.619. The molecule has 0 saturated carbocycles. The molecule has 0 unspecified atom stereocenters. The number of fused-ring (bicyclic) bond motifs is 1. The van der Waals surface area contributed by atoms with E-state index in [1.165, 1.54) is 4.68 Å². The van der Waals surface area contributed by atoms with Crippen molar-refractivity contribution in [2.24, 2.45) is 5.92 Å². The van der Waals surface area contributed by atoms with E-state index < -0.39 is 0 Å². The van der Waals surface area contributed by atoms with Gasteiger partial charge in [0.15, 0.2) is 0 Å². The van der Waals surface area contributed by atoms with Crippen molar-refractivity contribution in [1.29, 1.82) is 0 Å². The highest BCUT2D eigenvalue weighted by atomic mass is 16.2. The number of hydrogen-bond acceptors (Lipinski definition) is 4. The zero-order chi connectivity index (χ0) is 20.8. The first-order valence-electron chi connectivity index (χ1n) is 10.1. The van der Waals surface area contributed by atoms with Gasteiger partial charge in [-0.15, -0.1) is 0 Å². The Balaban J connectivity index is 1.44. The molecule has 0 atom stereocenters. The van der Waals surface area contributed by atoms with Gasteiger partial charge < -0.3 is 16.0 Å². The summed E-state index contributed by atoms with van der Waals surface area (Å²) in [6, 6.07) is 6.65. The third kappa shape index (κ3) is 5.46. The number of benzene rings is 1. The summed E-state index contributed by atoms with van der Waals surface area (Å²) in [5, 5.41) is 12.7. The van der Waals surface area contributed by atoms with Gasteiger partial charge in [-0.3, -0.25) is 9.36 Å². The first-order valence-corrected chi connectivity index (χ1v) is 10.1. The van der Waals surface area contributed by atoms with Gasteiger partial charge in [-0.05, 0) is 37.5 Å². The largest absolute Gasteiger partial charge is 0.345 e. The first-order chi connectivity index (χ1) is 13.9. The number of aromatic nitrogens is 3. The molecule has 1 aromatic heterocycles. The monoisotopic (exact) mass is 400 g/mol. The fourth-order valence-electron chi connectivity index (χ4n) is 3.16. The van der Waals surface area contributed by atoms with Crippen LogP contribution in [0.25, 0.3) is 0 Å². The van der Waals surface area contributed by atoms with Crippen LogP contribution in [-0.2, 0) is 24.3 Å². The summed E-state index contributed by atoms with van der Waals surface area (Å²) < 4.78 is 3.23. The number of rotatable bonds is 7. The molecule has 0 aliphatic carbocycles. The SMILES string of the molecule is CC(C)C(=O)Nc1cccc(NC(=O)NCCCn2nc3n(c2=O)CCCC3)c1. The number of hydrogen-bond donors (Lipinski definition) is 3. The third-order valence-electron chi connectivity index (χ3n) is 4.78. The van der Waals surface area contributed by atoms with Gasteiger partial charge in [0.25, 0.3) is 0 Å². The minimum atomic E-state index is -0.339. The van der Waals surface area contributed by atoms with E-state index in [9.17, 15) is 14.4 Å². The molecule has 0 bridgehead atoms. The summed E-state index contributed by atoms with van der Waals surface area (Å²) in [4.78, 5) is 36.1. The third-order valence-corrected chi connectivity index (χ3v) is 4.78. The minimum Gasteiger partial charge on any atom is -0.338 e. The predicted octanol–water partition coefficient (Wildman–Crippen LogP) is 2.19. The van der Waals surface area contributed by atoms with Crippen LogP contribution in [0.1, 0.15) is 38.9 Å². The van der Waals surface area contributed by atoms with Crippen molar-refractivity contribution in [3.8, 4) is 0 Å². The second kappa shape index (κ2) is 9.40. The number of anilines is 2. The number of aryl methyl sites for hydroxylation is 2. The molecule has 1 aliphatic heterocycles. The average Bonchev–Trinajstić information content (AvgIpc) is 3.01. The summed E-state index contributed by atoms with van der Waals surface area (Å²) in [5.41, 5.74) is 1.15. The van der Waals surface area contributed by atoms with E-state index in [0.717, 1.165) is 31.6 Å². The van der Waals surface area contributed by atoms with Crippen LogP contribution in [0.4, 0.5) is 16.2 Å². The van der Waals surface area contributed by atoms with Crippen LogP contribution in [0.15, 0.2) is 29.1 Å². The average molecular weight is 400 g/mol. The maximum absolute atomic E-state index is 12.3. The maximum Gasteiger partial charge on any atom is 0.345 e. The zero-order valence-corrected chi connectivity index (χ0v) is 16.9. The van der Waals surface area contributed by atoms with Crippen LogP contribution in [0.2, 0.25) is 0 Å². The molecular weight excluding hydrogens is 372 g/mol. The van der Waals surface area contributed by atoms with E-state index in [1.54, 1.807) is 28.8 Å². The van der Waals surface area contributed by atoms with Crippen molar-refractivity contribution >= 4 is 23.3 Å². The highest BCUT2D eigenvalue weighted by Crippen LogP contribution is 2.16. The van der Waals surface area contributed by atoms with Gasteiger partial charge in [-0.1, -0.05) is 19.9 Å². The highest BCUT2D eigenvalue weighted by molar-refractivity contribution is 5.94. The Bertz CT molecular complexity index is 931. The first kappa shape index (κ1) is 20.6. The lowest BCUT2D eigenvalue weighted by Gasteiger charge is -2.11. The van der Waals surface area contributed by atoms with Gasteiger partial charge in [0.1, 0.15) is 5.82 Å². The van der Waals surface area contributed by atoms with Crippen molar-refractivity contribution in [2.45, 2.75) is 52.6 Å². The second-order valence-corrected chi connectivity index (χ2v) is 7.49. The van der Waals surface area contributed by atoms with Gasteiger partial charge in [0.05, 0.1) is 0 Å². The van der Waals surface area contributed by atoms with Crippen LogP contribution in [0, 0.1) is 5.92 Å². The summed E-state index contributed by atoms with van der Waals surface area (Å²) in [6.45, 7) is 5.27. The molecule has 0 saturated heterocycles. The number of nitrogens with zero attached hydrogens (tertiary/aromatic N) is 3. The molecule has 0 radical (unpaired) electrons. The van der Waals surface area contributed by atoms with E-state index in [2.05, 4.69) is 21.0 Å². The molecule has 1 aliphatic rings. The Morgan fingerprint density at radius 2 is 1.93 bits per heavy atom. The highest BCUT2D eigenvalue weighted by Gasteiger charge is 2.16. The Labute approximate surface area is 169 Å². The molecule has 0 spiro atoms. The van der Waals surface area contributed by atoms with Gasteiger partial charge in [0.2, 0.25) is 5.91 Å². The van der Waals surface area contributed by atoms with E-state index >= 15 is 0 Å². The molecule has 29 heavy (non-hydrogen) atoms. The van der Waals surface area contributed by atoms with E-state index in [0.29, 0.717) is 30.9 Å². The number of amides is 3. The molecule has 156 valence electrons. The zero-order valence-electron chi connectivity index (χ0n) is 16.9. The molecule has 1 aromatic carbocycles. The molecule has 3 N–H and O–H groups in total. The van der Waals surface area contributed by atoms with Crippen molar-refractivity contribution in [3.05, 3.63) is 40.6 Å². The molecule has 9 nitrogen and oxygen atoms in total. The molecule has 3 rings (SSSR count). The van der Waals surface area contributed by atoms with E-state index in [1.807, 2.05) is 13.8 Å². The Hall–Kier alpha value is -3.10. The Morgan fingerprint density at radius 3 is 2.66 bits per heavy atom. The van der Waals surface area contributed by atoms with Crippen LogP contribution in [0.5, 0.6) is 0 Å². The maximum atomic E-state index is 12.3. The van der Waals surface area contributed by atoms with Crippen LogP contribution in [0.3, 0.4) is 0 Å². The van der Waals surface area contributed by atoms with Crippen LogP contribution < -0.4 is 21.6 Å². The fraction of sp³-hybridized carbons (Fsp3) is 0.500. The molecule has 3 amide bonds. The molecular formula is C20H28N6O3. The van der Waals surface area contributed by atoms with Gasteiger partial charge in [-0.2, -0.15) is 5.10 Å². The Morgan fingerprint density at radius 1 is 1.17 bits per heavy atom. The Kier molecular flexibility index (Phi) is 6.69. The molecule has 0 fully saturated rings. The fourth-order valence-corrected chi connectivity index (χ4v) is 3.16. The van der Waals surface area contributed by atoms with Crippen molar-refractivity contribution in [3.63, 3.8) is 0 Å². The van der Waals surface area contributed by atoms with Crippen molar-refractivity contribution < 1.29 is 9.59 Å². The van der Waals surface area contributed by atoms with Gasteiger partial charge in [-0.25, -0.2) is 14.3 Å². The summed E-state index contributed by atoms with van der Waals surface area (Å²) >= 11 is 0. The minimum absolute atomic E-state index is 0.0654. The lowest BCUT2D eigenvalue weighted by Crippen LogP contribution is -2.31. The number of carbonyl (C=O) groups is 2. The second-order valence-electron chi connectivity index (χ2n) is 7.49. The molecule has 2 aromatic rings. The van der Waals surface area contributed by atoms with Gasteiger partial charge in [0, 0.05) is 43.3 Å². The number of carbonyl (C=O) groups excluding carboxylic acids is 2. The summed E-state index contributed by atoms with van der Waals surface area (Å²) in [6.07, 6.45) is 3.54. The number of urea groups is 1. The van der Waals surface area contributed by atoms with Crippen molar-refractivity contribution in [2.75, 3.05) is 17.2 Å². The standard InChI is InChI=1S/C20H28N6O3/c1-14(2)18(27)22-15-7-5-8-16(13-15)23-19(28)21-10-6-12-26-20(29)25-11-4-3-9-17(25)24-26/h5,7-8,13-14H,3-4,6,9-12H2,1-2H3,(H,22,27)(H2,21,23,28). The molecule has 9 heteroatoms. The smallest absolute Gasteiger partial charge is 0.338 e. The lowest BCUT2D eigenvalue weighted by molar-refractivity contribution is -0.118. The summed E-state index contributed by atoms with van der Waals surface area (Å²) in [5.74, 6) is 0.655. The van der Waals surface area contributed by atoms with Crippen molar-refractivity contribution in [1.82, 2.24) is 19.7 Å². The lowest BCUT2D eigenvalue weighted by atomic mass is 10.2. The summed E-state index contributed by atoms with van der Waals surface area (Å²) in [7, 11) is 0. The van der Waals surface area contributed by atoms with E-state index in [4.69, 9.17) is 0 Å². The van der Waals surface area contributed by atoms with Gasteiger partial charge >= 0.3 is 11.7 Å².